The van der Waals surface area contributed by atoms with Crippen LogP contribution < -0.4 is 16.0 Å². The van der Waals surface area contributed by atoms with Gasteiger partial charge in [0, 0.05) is 18.5 Å². The molecule has 0 aliphatic carbocycles. The Morgan fingerprint density at radius 2 is 2.03 bits per heavy atom. The van der Waals surface area contributed by atoms with Crippen LogP contribution in [0.1, 0.15) is 36.2 Å². The number of alkyl halides is 3. The molecule has 2 aromatic rings. The van der Waals surface area contributed by atoms with E-state index in [1.165, 1.54) is 12.1 Å². The van der Waals surface area contributed by atoms with E-state index < -0.39 is 28.7 Å². The van der Waals surface area contributed by atoms with Crippen LogP contribution in [0.15, 0.2) is 41.9 Å². The van der Waals surface area contributed by atoms with Gasteiger partial charge >= 0.3 is 6.18 Å². The van der Waals surface area contributed by atoms with Crippen molar-refractivity contribution in [2.24, 2.45) is 0 Å². The number of hydrogen-bond donors (Lipinski definition) is 3. The number of H-pyrrole nitrogens is 1. The number of hydrogen-bond acceptors (Lipinski definition) is 5. The molecule has 2 atom stereocenters. The van der Waals surface area contributed by atoms with Gasteiger partial charge in [0.2, 0.25) is 0 Å². The summed E-state index contributed by atoms with van der Waals surface area (Å²) < 4.78 is 39.6. The van der Waals surface area contributed by atoms with Crippen molar-refractivity contribution >= 4 is 23.3 Å². The molecule has 0 saturated carbocycles. The van der Waals surface area contributed by atoms with Crippen LogP contribution in [-0.4, -0.2) is 33.1 Å². The summed E-state index contributed by atoms with van der Waals surface area (Å²) in [6.07, 6.45) is -2.53. The minimum atomic E-state index is -4.64. The number of hydrazine groups is 2. The normalized spacial score (nSPS) is 22.0. The monoisotopic (exact) mass is 426 g/mol. The average molecular weight is 427 g/mol. The summed E-state index contributed by atoms with van der Waals surface area (Å²) in [6, 6.07) is 4.50. The molecule has 0 saturated heterocycles. The molecule has 0 bridgehead atoms. The van der Waals surface area contributed by atoms with Crippen molar-refractivity contribution in [3.05, 3.63) is 58.0 Å². The SMILES string of the molecule is C[C@@H]1CC2=C(NNN2c2ccn[nH]2)[C@@H](C)N1C(=O)c1cccc(C(F)(F)F)c1Cl. The van der Waals surface area contributed by atoms with Crippen molar-refractivity contribution in [2.75, 3.05) is 5.01 Å². The first-order chi connectivity index (χ1) is 13.7. The van der Waals surface area contributed by atoms with Gasteiger partial charge in [0.05, 0.1) is 39.8 Å². The first-order valence-corrected chi connectivity index (χ1v) is 9.30. The fourth-order valence-corrected chi connectivity index (χ4v) is 4.15. The summed E-state index contributed by atoms with van der Waals surface area (Å²) in [5.74, 6) is 0.178. The van der Waals surface area contributed by atoms with Crippen molar-refractivity contribution in [3.63, 3.8) is 0 Å². The Balaban J connectivity index is 1.67. The van der Waals surface area contributed by atoms with Crippen molar-refractivity contribution in [1.82, 2.24) is 26.1 Å². The molecule has 7 nitrogen and oxygen atoms in total. The molecule has 0 fully saturated rings. The molecule has 0 unspecified atom stereocenters. The Bertz CT molecular complexity index is 974. The van der Waals surface area contributed by atoms with Gasteiger partial charge in [0.15, 0.2) is 0 Å². The third-order valence-electron chi connectivity index (χ3n) is 5.18. The highest BCUT2D eigenvalue weighted by Gasteiger charge is 2.42. The van der Waals surface area contributed by atoms with E-state index in [0.717, 1.165) is 23.3 Å². The standard InChI is InChI=1S/C18H18ClF3N6O/c1-9-8-13-16(25-26-28(13)14-6-7-23-24-14)10(2)27(9)17(29)11-4-3-5-12(15(11)19)18(20,21)22/h3-7,9-10,25-26H,8H2,1-2H3,(H,23,24)/t9-,10-/m1/s1. The molecule has 4 rings (SSSR count). The van der Waals surface area contributed by atoms with Gasteiger partial charge in [-0.3, -0.25) is 9.89 Å². The lowest BCUT2D eigenvalue weighted by atomic mass is 9.96. The summed E-state index contributed by atoms with van der Waals surface area (Å²) in [4.78, 5) is 14.7. The van der Waals surface area contributed by atoms with Gasteiger partial charge in [0.1, 0.15) is 5.82 Å². The topological polar surface area (TPSA) is 76.3 Å². The lowest BCUT2D eigenvalue weighted by molar-refractivity contribution is -0.137. The number of rotatable bonds is 2. The van der Waals surface area contributed by atoms with Crippen LogP contribution in [0.4, 0.5) is 19.0 Å². The molecule has 2 aliphatic heterocycles. The number of aromatic nitrogens is 2. The number of carbonyl (C=O) groups is 1. The summed E-state index contributed by atoms with van der Waals surface area (Å²) >= 11 is 5.98. The van der Waals surface area contributed by atoms with Crippen molar-refractivity contribution in [2.45, 2.75) is 38.5 Å². The predicted molar refractivity (Wildman–Crippen MR) is 101 cm³/mol. The van der Waals surface area contributed by atoms with E-state index in [0.29, 0.717) is 6.42 Å². The number of amides is 1. The van der Waals surface area contributed by atoms with Crippen LogP contribution in [0, 0.1) is 0 Å². The predicted octanol–water partition coefficient (Wildman–Crippen LogP) is 3.45. The quantitative estimate of drug-likeness (QED) is 0.685. The summed E-state index contributed by atoms with van der Waals surface area (Å²) in [5, 5.41) is 8.02. The zero-order valence-electron chi connectivity index (χ0n) is 15.5. The molecule has 0 radical (unpaired) electrons. The number of carbonyl (C=O) groups excluding carboxylic acids is 1. The highest BCUT2D eigenvalue weighted by Crippen LogP contribution is 2.38. The molecule has 3 N–H and O–H groups in total. The molecule has 154 valence electrons. The minimum absolute atomic E-state index is 0.166. The Morgan fingerprint density at radius 3 is 2.69 bits per heavy atom. The second kappa shape index (κ2) is 6.96. The molecular weight excluding hydrogens is 409 g/mol. The van der Waals surface area contributed by atoms with Crippen LogP contribution in [0.3, 0.4) is 0 Å². The van der Waals surface area contributed by atoms with Crippen LogP contribution in [0.5, 0.6) is 0 Å². The average Bonchev–Trinajstić information content (AvgIpc) is 3.30. The smallest absolute Gasteiger partial charge is 0.327 e. The number of aromatic amines is 1. The minimum Gasteiger partial charge on any atom is -0.327 e. The summed E-state index contributed by atoms with van der Waals surface area (Å²) in [6.45, 7) is 3.67. The van der Waals surface area contributed by atoms with Crippen LogP contribution in [0.25, 0.3) is 0 Å². The third-order valence-corrected chi connectivity index (χ3v) is 5.59. The van der Waals surface area contributed by atoms with Gasteiger partial charge in [-0.25, -0.2) is 5.01 Å². The highest BCUT2D eigenvalue weighted by atomic mass is 35.5. The van der Waals surface area contributed by atoms with Gasteiger partial charge in [-0.05, 0) is 26.0 Å². The van der Waals surface area contributed by atoms with Crippen molar-refractivity contribution in [3.8, 4) is 0 Å². The van der Waals surface area contributed by atoms with E-state index in [9.17, 15) is 18.0 Å². The van der Waals surface area contributed by atoms with Crippen LogP contribution in [0.2, 0.25) is 5.02 Å². The maximum absolute atomic E-state index is 13.2. The second-order valence-electron chi connectivity index (χ2n) is 6.98. The molecule has 0 spiro atoms. The molecule has 1 aromatic carbocycles. The Labute approximate surface area is 169 Å². The highest BCUT2D eigenvalue weighted by molar-refractivity contribution is 6.34. The van der Waals surface area contributed by atoms with E-state index in [4.69, 9.17) is 11.6 Å². The van der Waals surface area contributed by atoms with E-state index in [1.54, 1.807) is 22.2 Å². The molecule has 3 heterocycles. The third kappa shape index (κ3) is 3.22. The fourth-order valence-electron chi connectivity index (χ4n) is 3.83. The summed E-state index contributed by atoms with van der Waals surface area (Å²) in [7, 11) is 0. The Kier molecular flexibility index (Phi) is 4.70. The van der Waals surface area contributed by atoms with Gasteiger partial charge in [-0.1, -0.05) is 17.7 Å². The lowest BCUT2D eigenvalue weighted by Gasteiger charge is -2.40. The number of benzene rings is 1. The molecule has 29 heavy (non-hydrogen) atoms. The zero-order valence-corrected chi connectivity index (χ0v) is 16.3. The zero-order chi connectivity index (χ0) is 20.9. The summed E-state index contributed by atoms with van der Waals surface area (Å²) in [5.41, 5.74) is 6.57. The molecule has 11 heteroatoms. The number of halogens is 4. The second-order valence-corrected chi connectivity index (χ2v) is 7.36. The molecular formula is C18H18ClF3N6O. The van der Waals surface area contributed by atoms with Gasteiger partial charge < -0.3 is 10.3 Å². The van der Waals surface area contributed by atoms with E-state index >= 15 is 0 Å². The Hall–Kier alpha value is -2.72. The largest absolute Gasteiger partial charge is 0.417 e. The maximum Gasteiger partial charge on any atom is 0.417 e. The van der Waals surface area contributed by atoms with E-state index in [-0.39, 0.29) is 11.6 Å². The van der Waals surface area contributed by atoms with Crippen molar-refractivity contribution < 1.29 is 18.0 Å². The van der Waals surface area contributed by atoms with Gasteiger partial charge in [-0.15, -0.1) is 5.53 Å². The first kappa shape index (κ1) is 19.6. The first-order valence-electron chi connectivity index (χ1n) is 8.92. The van der Waals surface area contributed by atoms with Gasteiger partial charge in [-0.2, -0.15) is 18.3 Å². The molecule has 1 amide bonds. The van der Waals surface area contributed by atoms with E-state index in [2.05, 4.69) is 21.2 Å². The van der Waals surface area contributed by atoms with E-state index in [1.807, 2.05) is 13.8 Å². The number of nitrogens with zero attached hydrogens (tertiary/aromatic N) is 3. The van der Waals surface area contributed by atoms with Crippen LogP contribution >= 0.6 is 11.6 Å². The Morgan fingerprint density at radius 1 is 1.28 bits per heavy atom. The van der Waals surface area contributed by atoms with Crippen molar-refractivity contribution in [1.29, 1.82) is 0 Å². The molecule has 2 aliphatic rings. The number of anilines is 1. The molecule has 1 aromatic heterocycles. The fraction of sp³-hybridized carbons (Fsp3) is 0.333. The van der Waals surface area contributed by atoms with Crippen LogP contribution in [-0.2, 0) is 6.18 Å². The van der Waals surface area contributed by atoms with Gasteiger partial charge in [0.25, 0.3) is 5.91 Å². The lowest BCUT2D eigenvalue weighted by Crippen LogP contribution is -2.50. The number of nitrogens with one attached hydrogen (secondary N) is 3. The maximum atomic E-state index is 13.2.